The van der Waals surface area contributed by atoms with Gasteiger partial charge in [-0.1, -0.05) is 12.2 Å². The number of esters is 1. The molecule has 0 atom stereocenters. The minimum atomic E-state index is -0.338. The Balaban J connectivity index is 1.88. The van der Waals surface area contributed by atoms with Crippen LogP contribution in [0.1, 0.15) is 28.0 Å². The van der Waals surface area contributed by atoms with Crippen molar-refractivity contribution in [3.63, 3.8) is 0 Å². The molecule has 0 aliphatic rings. The molecule has 4 nitrogen and oxygen atoms in total. The number of thiazole rings is 1. The first-order valence-corrected chi connectivity index (χ1v) is 7.49. The molecule has 0 radical (unpaired) electrons. The van der Waals surface area contributed by atoms with E-state index in [0.717, 1.165) is 10.7 Å². The van der Waals surface area contributed by atoms with Crippen LogP contribution in [-0.2, 0) is 11.3 Å². The van der Waals surface area contributed by atoms with Gasteiger partial charge in [-0.3, -0.25) is 0 Å². The third kappa shape index (κ3) is 4.72. The number of ether oxygens (including phenoxy) is 2. The number of carbonyl (C=O) groups is 1. The molecule has 21 heavy (non-hydrogen) atoms. The number of rotatable bonds is 6. The van der Waals surface area contributed by atoms with Crippen molar-refractivity contribution in [1.82, 2.24) is 4.98 Å². The summed E-state index contributed by atoms with van der Waals surface area (Å²) in [5, 5.41) is 3.00. The fourth-order valence-corrected chi connectivity index (χ4v) is 2.22. The van der Waals surface area contributed by atoms with Gasteiger partial charge in [0.15, 0.2) is 0 Å². The number of nitrogens with zero attached hydrogens (tertiary/aromatic N) is 1. The molecular weight excluding hydrogens is 286 g/mol. The molecule has 0 aliphatic carbocycles. The normalized spacial score (nSPS) is 10.8. The standard InChI is InChI=1S/C16H17NO3S/c1-3-4-9-19-16(18)13-5-7-15(8-6-13)20-10-14-11-21-12(2)17-14/h3-8,11H,9-10H2,1-2H3. The van der Waals surface area contributed by atoms with Crippen molar-refractivity contribution >= 4 is 17.3 Å². The van der Waals surface area contributed by atoms with Crippen LogP contribution in [0, 0.1) is 6.92 Å². The lowest BCUT2D eigenvalue weighted by Gasteiger charge is -2.06. The molecule has 0 saturated carbocycles. The second-order valence-corrected chi connectivity index (χ2v) is 5.40. The van der Waals surface area contributed by atoms with E-state index in [1.165, 1.54) is 0 Å². The molecule has 0 fully saturated rings. The summed E-state index contributed by atoms with van der Waals surface area (Å²) in [7, 11) is 0. The first-order chi connectivity index (χ1) is 10.2. The van der Waals surface area contributed by atoms with E-state index in [0.29, 0.717) is 17.9 Å². The average molecular weight is 303 g/mol. The molecule has 0 N–H and O–H groups in total. The minimum absolute atomic E-state index is 0.288. The Kier molecular flexibility index (Phi) is 5.51. The highest BCUT2D eigenvalue weighted by Crippen LogP contribution is 2.16. The van der Waals surface area contributed by atoms with Gasteiger partial charge in [-0.25, -0.2) is 9.78 Å². The SMILES string of the molecule is CC=CCOC(=O)c1ccc(OCc2csc(C)n2)cc1. The van der Waals surface area contributed by atoms with Crippen LogP contribution in [0.5, 0.6) is 5.75 Å². The number of hydrogen-bond acceptors (Lipinski definition) is 5. The highest BCUT2D eigenvalue weighted by Gasteiger charge is 2.06. The fourth-order valence-electron chi connectivity index (χ4n) is 1.62. The maximum Gasteiger partial charge on any atom is 0.338 e. The lowest BCUT2D eigenvalue weighted by atomic mass is 10.2. The summed E-state index contributed by atoms with van der Waals surface area (Å²) in [4.78, 5) is 16.0. The smallest absolute Gasteiger partial charge is 0.338 e. The zero-order chi connectivity index (χ0) is 15.1. The number of hydrogen-bond donors (Lipinski definition) is 0. The van der Waals surface area contributed by atoms with Crippen LogP contribution in [0.2, 0.25) is 0 Å². The van der Waals surface area contributed by atoms with Crippen molar-refractivity contribution in [2.24, 2.45) is 0 Å². The molecule has 1 heterocycles. The molecule has 0 spiro atoms. The molecule has 0 aliphatic heterocycles. The van der Waals surface area contributed by atoms with E-state index in [4.69, 9.17) is 9.47 Å². The van der Waals surface area contributed by atoms with Crippen LogP contribution in [0.25, 0.3) is 0 Å². The average Bonchev–Trinajstić information content (AvgIpc) is 2.91. The number of aromatic nitrogens is 1. The van der Waals surface area contributed by atoms with Gasteiger partial charge in [-0.2, -0.15) is 0 Å². The van der Waals surface area contributed by atoms with Gasteiger partial charge in [0, 0.05) is 5.38 Å². The van der Waals surface area contributed by atoms with Gasteiger partial charge in [0.05, 0.1) is 16.3 Å². The highest BCUT2D eigenvalue weighted by atomic mass is 32.1. The lowest BCUT2D eigenvalue weighted by molar-refractivity contribution is 0.0549. The molecular formula is C16H17NO3S. The quantitative estimate of drug-likeness (QED) is 0.602. The summed E-state index contributed by atoms with van der Waals surface area (Å²) in [5.74, 6) is 0.362. The summed E-state index contributed by atoms with van der Waals surface area (Å²) in [6, 6.07) is 6.90. The molecule has 1 aromatic carbocycles. The van der Waals surface area contributed by atoms with Gasteiger partial charge in [-0.05, 0) is 38.1 Å². The van der Waals surface area contributed by atoms with Gasteiger partial charge >= 0.3 is 5.97 Å². The second-order valence-electron chi connectivity index (χ2n) is 4.34. The molecule has 0 unspecified atom stereocenters. The summed E-state index contributed by atoms with van der Waals surface area (Å²) in [6.07, 6.45) is 3.62. The minimum Gasteiger partial charge on any atom is -0.487 e. The van der Waals surface area contributed by atoms with E-state index in [1.807, 2.05) is 25.3 Å². The van der Waals surface area contributed by atoms with Crippen molar-refractivity contribution in [2.45, 2.75) is 20.5 Å². The molecule has 1 aromatic heterocycles. The van der Waals surface area contributed by atoms with E-state index in [9.17, 15) is 4.79 Å². The first-order valence-electron chi connectivity index (χ1n) is 6.61. The third-order valence-electron chi connectivity index (χ3n) is 2.69. The van der Waals surface area contributed by atoms with Crippen LogP contribution in [0.15, 0.2) is 41.8 Å². The van der Waals surface area contributed by atoms with Crippen LogP contribution in [0.3, 0.4) is 0 Å². The Hall–Kier alpha value is -2.14. The van der Waals surface area contributed by atoms with Gasteiger partial charge < -0.3 is 9.47 Å². The third-order valence-corrected chi connectivity index (χ3v) is 3.51. The van der Waals surface area contributed by atoms with E-state index in [-0.39, 0.29) is 12.6 Å². The van der Waals surface area contributed by atoms with Gasteiger partial charge in [0.2, 0.25) is 0 Å². The second kappa shape index (κ2) is 7.59. The first kappa shape index (κ1) is 15.3. The van der Waals surface area contributed by atoms with E-state index in [2.05, 4.69) is 4.98 Å². The largest absolute Gasteiger partial charge is 0.487 e. The summed E-state index contributed by atoms with van der Waals surface area (Å²) in [5.41, 5.74) is 1.42. The van der Waals surface area contributed by atoms with Crippen LogP contribution in [0.4, 0.5) is 0 Å². The molecule has 2 aromatic rings. The molecule has 110 valence electrons. The van der Waals surface area contributed by atoms with Crippen LogP contribution in [-0.4, -0.2) is 17.6 Å². The molecule has 0 bridgehead atoms. The van der Waals surface area contributed by atoms with Crippen LogP contribution >= 0.6 is 11.3 Å². The number of carbonyl (C=O) groups excluding carboxylic acids is 1. The Labute approximate surface area is 128 Å². The number of benzene rings is 1. The monoisotopic (exact) mass is 303 g/mol. The van der Waals surface area contributed by atoms with Crippen molar-refractivity contribution < 1.29 is 14.3 Å². The summed E-state index contributed by atoms with van der Waals surface area (Å²) >= 11 is 1.60. The summed E-state index contributed by atoms with van der Waals surface area (Å²) in [6.45, 7) is 4.55. The Morgan fingerprint density at radius 2 is 2.10 bits per heavy atom. The Morgan fingerprint density at radius 1 is 1.33 bits per heavy atom. The van der Waals surface area contributed by atoms with Crippen LogP contribution < -0.4 is 4.74 Å². The molecule has 2 rings (SSSR count). The maximum absolute atomic E-state index is 11.7. The maximum atomic E-state index is 11.7. The Bertz CT molecular complexity index is 617. The van der Waals surface area contributed by atoms with E-state index in [1.54, 1.807) is 41.7 Å². The van der Waals surface area contributed by atoms with Crippen molar-refractivity contribution in [3.8, 4) is 5.75 Å². The number of allylic oxidation sites excluding steroid dienone is 1. The van der Waals surface area contributed by atoms with E-state index < -0.39 is 0 Å². The molecule has 0 saturated heterocycles. The molecule has 0 amide bonds. The van der Waals surface area contributed by atoms with Crippen molar-refractivity contribution in [2.75, 3.05) is 6.61 Å². The number of aryl methyl sites for hydroxylation is 1. The Morgan fingerprint density at radius 3 is 2.71 bits per heavy atom. The predicted molar refractivity (Wildman–Crippen MR) is 82.7 cm³/mol. The molecule has 5 heteroatoms. The van der Waals surface area contributed by atoms with Gasteiger partial charge in [-0.15, -0.1) is 11.3 Å². The van der Waals surface area contributed by atoms with Crippen molar-refractivity contribution in [1.29, 1.82) is 0 Å². The summed E-state index contributed by atoms with van der Waals surface area (Å²) < 4.78 is 10.7. The van der Waals surface area contributed by atoms with Gasteiger partial charge in [0.25, 0.3) is 0 Å². The van der Waals surface area contributed by atoms with E-state index >= 15 is 0 Å². The van der Waals surface area contributed by atoms with Crippen molar-refractivity contribution in [3.05, 3.63) is 58.1 Å². The fraction of sp³-hybridized carbons (Fsp3) is 0.250. The predicted octanol–water partition coefficient (Wildman–Crippen LogP) is 3.76. The van der Waals surface area contributed by atoms with Gasteiger partial charge in [0.1, 0.15) is 19.0 Å². The zero-order valence-electron chi connectivity index (χ0n) is 12.0. The lowest BCUT2D eigenvalue weighted by Crippen LogP contribution is -2.05. The highest BCUT2D eigenvalue weighted by molar-refractivity contribution is 7.09. The zero-order valence-corrected chi connectivity index (χ0v) is 12.9. The topological polar surface area (TPSA) is 48.4 Å².